The molecule has 0 spiro atoms. The smallest absolute Gasteiger partial charge is 0.339 e. The van der Waals surface area contributed by atoms with Gasteiger partial charge in [0, 0.05) is 66.0 Å². The fourth-order valence-electron chi connectivity index (χ4n) is 9.70. The number of hydrogen-bond acceptors (Lipinski definition) is 9. The van der Waals surface area contributed by atoms with Crippen molar-refractivity contribution in [1.82, 2.24) is 9.97 Å². The van der Waals surface area contributed by atoms with Gasteiger partial charge in [0.1, 0.15) is 23.2 Å². The van der Waals surface area contributed by atoms with E-state index in [1.807, 2.05) is 121 Å². The Morgan fingerprint density at radius 3 is 1.38 bits per heavy atom. The molecule has 6 aromatic carbocycles. The predicted octanol–water partition coefficient (Wildman–Crippen LogP) is 10.5. The van der Waals surface area contributed by atoms with E-state index in [1.54, 1.807) is 12.1 Å². The third kappa shape index (κ3) is 10.2. The van der Waals surface area contributed by atoms with Crippen molar-refractivity contribution in [3.05, 3.63) is 237 Å². The molecule has 0 fully saturated rings. The molecule has 0 saturated heterocycles. The van der Waals surface area contributed by atoms with Gasteiger partial charge in [-0.15, -0.1) is 0 Å². The first-order chi connectivity index (χ1) is 34.5. The molecular weight excluding hydrogens is 907 g/mol. The minimum Gasteiger partial charge on any atom is -0.508 e. The van der Waals surface area contributed by atoms with Crippen LogP contribution < -0.4 is 0 Å². The molecule has 0 aliphatic carbocycles. The number of aromatic nitrogens is 2. The number of aliphatic hydroxyl groups is 3. The first-order valence-electron chi connectivity index (χ1n) is 23.3. The maximum absolute atomic E-state index is 14.1. The van der Waals surface area contributed by atoms with E-state index in [0.29, 0.717) is 48.1 Å². The second kappa shape index (κ2) is 21.1. The third-order valence-electron chi connectivity index (χ3n) is 12.9. The molecule has 2 aliphatic heterocycles. The van der Waals surface area contributed by atoms with Crippen molar-refractivity contribution in [3.8, 4) is 0 Å². The topological polar surface area (TPSA) is 171 Å². The highest BCUT2D eigenvalue weighted by Crippen LogP contribution is 2.44. The maximum Gasteiger partial charge on any atom is 0.339 e. The summed E-state index contributed by atoms with van der Waals surface area (Å²) in [6.07, 6.45) is -0.283. The molecule has 4 heterocycles. The molecule has 11 nitrogen and oxygen atoms in total. The van der Waals surface area contributed by atoms with Gasteiger partial charge in [-0.2, -0.15) is 0 Å². The summed E-state index contributed by atoms with van der Waals surface area (Å²) in [6.45, 7) is 1.33. The number of aliphatic hydroxyl groups excluding tert-OH is 3. The minimum absolute atomic E-state index is 0.109. The second-order valence-corrected chi connectivity index (χ2v) is 17.4. The van der Waals surface area contributed by atoms with Gasteiger partial charge >= 0.3 is 17.9 Å². The molecule has 8 aromatic rings. The van der Waals surface area contributed by atoms with Crippen LogP contribution in [0, 0.1) is 11.6 Å². The number of aromatic amines is 2. The number of H-pyrrole nitrogens is 2. The van der Waals surface area contributed by atoms with Crippen LogP contribution >= 0.6 is 0 Å². The van der Waals surface area contributed by atoms with Crippen molar-refractivity contribution in [2.24, 2.45) is 0 Å². The molecule has 71 heavy (non-hydrogen) atoms. The zero-order valence-electron chi connectivity index (χ0n) is 38.6. The second-order valence-electron chi connectivity index (χ2n) is 17.4. The fourth-order valence-corrected chi connectivity index (χ4v) is 9.70. The van der Waals surface area contributed by atoms with E-state index in [2.05, 4.69) is 9.97 Å². The van der Waals surface area contributed by atoms with Crippen molar-refractivity contribution in [3.63, 3.8) is 0 Å². The molecule has 0 saturated carbocycles. The Kier molecular flexibility index (Phi) is 14.2. The molecule has 10 rings (SSSR count). The SMILES string of the molecule is CC(=O)OCCc1c(C(C2=C(O)C(Cc3ccccc3)OC2=O)c2ccccc2)[nH]c2cc(F)ccc12.O=C1OC(Cc2ccccc2)C(O)=C1C(c1ccccc1)c1[nH]c2cc(F)ccc2c1CCO. The number of benzene rings is 6. The molecule has 4 atom stereocenters. The lowest BCUT2D eigenvalue weighted by atomic mass is 9.84. The van der Waals surface area contributed by atoms with Crippen LogP contribution in [0.25, 0.3) is 21.8 Å². The highest BCUT2D eigenvalue weighted by molar-refractivity contribution is 5.96. The highest BCUT2D eigenvalue weighted by Gasteiger charge is 2.43. The van der Waals surface area contributed by atoms with Crippen LogP contribution in [0.15, 0.2) is 180 Å². The van der Waals surface area contributed by atoms with Crippen molar-refractivity contribution in [2.75, 3.05) is 13.2 Å². The summed E-state index contributed by atoms with van der Waals surface area (Å²) in [5, 5.41) is 33.8. The number of cyclic esters (lactones) is 2. The zero-order valence-corrected chi connectivity index (χ0v) is 38.6. The third-order valence-corrected chi connectivity index (χ3v) is 12.9. The fraction of sp³-hybridized carbons (Fsp3) is 0.190. The Hall–Kier alpha value is -8.29. The number of esters is 3. The number of hydrogen-bond donors (Lipinski definition) is 5. The van der Waals surface area contributed by atoms with Gasteiger partial charge in [0.15, 0.2) is 12.2 Å². The van der Waals surface area contributed by atoms with Gasteiger partial charge in [0.25, 0.3) is 0 Å². The van der Waals surface area contributed by atoms with Crippen LogP contribution in [0.3, 0.4) is 0 Å². The van der Waals surface area contributed by atoms with Crippen LogP contribution in [0.2, 0.25) is 0 Å². The number of nitrogens with one attached hydrogen (secondary N) is 2. The van der Waals surface area contributed by atoms with Crippen molar-refractivity contribution in [2.45, 2.75) is 56.7 Å². The lowest BCUT2D eigenvalue weighted by Crippen LogP contribution is -2.15. The Bertz CT molecular complexity index is 3280. The molecule has 13 heteroatoms. The number of halogens is 2. The quantitative estimate of drug-likeness (QED) is 0.0496. The summed E-state index contributed by atoms with van der Waals surface area (Å²) < 4.78 is 44.6. The van der Waals surface area contributed by atoms with Crippen LogP contribution in [0.5, 0.6) is 0 Å². The number of ether oxygens (including phenoxy) is 3. The summed E-state index contributed by atoms with van der Waals surface area (Å²) >= 11 is 0. The highest BCUT2D eigenvalue weighted by atomic mass is 19.1. The Labute approximate surface area is 407 Å². The molecule has 5 N–H and O–H groups in total. The first-order valence-corrected chi connectivity index (χ1v) is 23.3. The number of carbonyl (C=O) groups excluding carboxylic acids is 3. The summed E-state index contributed by atoms with van der Waals surface area (Å²) in [7, 11) is 0. The summed E-state index contributed by atoms with van der Waals surface area (Å²) in [5.41, 5.74) is 7.54. The van der Waals surface area contributed by atoms with E-state index < -0.39 is 53.6 Å². The van der Waals surface area contributed by atoms with Crippen molar-refractivity contribution in [1.29, 1.82) is 0 Å². The molecule has 2 aromatic heterocycles. The summed E-state index contributed by atoms with van der Waals surface area (Å²) in [4.78, 5) is 44.4. The van der Waals surface area contributed by atoms with Crippen molar-refractivity contribution >= 4 is 39.7 Å². The van der Waals surface area contributed by atoms with Gasteiger partial charge in [-0.25, -0.2) is 18.4 Å². The Morgan fingerprint density at radius 2 is 0.986 bits per heavy atom. The maximum atomic E-state index is 14.1. The van der Waals surface area contributed by atoms with Crippen LogP contribution in [-0.4, -0.2) is 68.6 Å². The van der Waals surface area contributed by atoms with E-state index in [4.69, 9.17) is 14.2 Å². The first kappa shape index (κ1) is 47.8. The van der Waals surface area contributed by atoms with E-state index in [9.17, 15) is 38.5 Å². The van der Waals surface area contributed by atoms with E-state index in [0.717, 1.165) is 44.2 Å². The minimum atomic E-state index is -0.817. The average molecular weight is 957 g/mol. The Balaban J connectivity index is 0.000000176. The zero-order chi connectivity index (χ0) is 49.6. The number of fused-ring (bicyclic) bond motifs is 2. The molecule has 2 aliphatic rings. The predicted molar refractivity (Wildman–Crippen MR) is 264 cm³/mol. The summed E-state index contributed by atoms with van der Waals surface area (Å²) in [5.74, 6) is -4.03. The van der Waals surface area contributed by atoms with Gasteiger partial charge in [-0.3, -0.25) is 4.79 Å². The standard InChI is InChI=1S/C30H26FNO5.C28H24FNO4/c1-18(33)36-15-14-23-22-13-12-21(31)17-24(22)32-28(23)26(20-10-6-3-7-11-20)27-29(34)25(37-30(27)35)16-19-8-4-2-5-9-19;29-19-11-12-20-21(13-14-31)26(30-22(20)16-19)24(18-9-5-2-6-10-18)25-27(32)23(34-28(25)33)15-17-7-3-1-4-8-17/h2-13,17,25-26,32,34H,14-16H2,1H3;1-12,16,23-24,30-32H,13-15H2. The van der Waals surface area contributed by atoms with E-state index in [1.165, 1.54) is 31.2 Å². The largest absolute Gasteiger partial charge is 0.508 e. The lowest BCUT2D eigenvalue weighted by Gasteiger charge is -2.19. The number of carbonyl (C=O) groups is 3. The van der Waals surface area contributed by atoms with Crippen molar-refractivity contribution < 1.29 is 52.7 Å². The monoisotopic (exact) mass is 956 g/mol. The van der Waals surface area contributed by atoms with Gasteiger partial charge in [0.05, 0.1) is 29.6 Å². The normalized spacial score (nSPS) is 16.5. The van der Waals surface area contributed by atoms with Crippen LogP contribution in [0.1, 0.15) is 63.5 Å². The van der Waals surface area contributed by atoms with E-state index in [-0.39, 0.29) is 35.9 Å². The molecular formula is C58H50F2N2O9. The summed E-state index contributed by atoms with van der Waals surface area (Å²) in [6, 6.07) is 46.5. The molecule has 0 amide bonds. The molecule has 4 unspecified atom stereocenters. The van der Waals surface area contributed by atoms with Gasteiger partial charge in [-0.1, -0.05) is 121 Å². The van der Waals surface area contributed by atoms with Crippen LogP contribution in [-0.2, 0) is 54.3 Å². The molecule has 360 valence electrons. The van der Waals surface area contributed by atoms with E-state index >= 15 is 0 Å². The van der Waals surface area contributed by atoms with Gasteiger partial charge < -0.3 is 39.5 Å². The number of rotatable bonds is 15. The average Bonchev–Trinajstić information content (AvgIpc) is 4.07. The van der Waals surface area contributed by atoms with Gasteiger partial charge in [-0.05, 0) is 76.2 Å². The Morgan fingerprint density at radius 1 is 0.592 bits per heavy atom. The molecule has 0 bridgehead atoms. The van der Waals surface area contributed by atoms with Crippen LogP contribution in [0.4, 0.5) is 8.78 Å². The lowest BCUT2D eigenvalue weighted by molar-refractivity contribution is -0.141. The molecule has 0 radical (unpaired) electrons. The van der Waals surface area contributed by atoms with Gasteiger partial charge in [0.2, 0.25) is 0 Å².